The Morgan fingerprint density at radius 3 is 2.35 bits per heavy atom. The number of nitrogens with one attached hydrogen (secondary N) is 1. The zero-order valence-electron chi connectivity index (χ0n) is 15.1. The highest BCUT2D eigenvalue weighted by atomic mass is 16.2. The summed E-state index contributed by atoms with van der Waals surface area (Å²) < 4.78 is 0. The molecule has 1 N–H and O–H groups in total. The van der Waals surface area contributed by atoms with Crippen LogP contribution in [-0.2, 0) is 4.79 Å². The van der Waals surface area contributed by atoms with Gasteiger partial charge in [-0.2, -0.15) is 0 Å². The van der Waals surface area contributed by atoms with Gasteiger partial charge >= 0.3 is 0 Å². The van der Waals surface area contributed by atoms with Crippen LogP contribution in [0.15, 0.2) is 42.6 Å². The standard InChI is InChI=1S/C19H23N5O2/c1-14(16-6-4-3-5-7-16)21-19-20-9-8-17(22-19)18(26)24-12-10-23(11-13-24)15(2)25/h3-9,14H,10-13H2,1-2H3,(H,20,21,22). The Kier molecular flexibility index (Phi) is 5.46. The lowest BCUT2D eigenvalue weighted by Gasteiger charge is -2.34. The fraction of sp³-hybridized carbons (Fsp3) is 0.368. The highest BCUT2D eigenvalue weighted by molar-refractivity contribution is 5.92. The van der Waals surface area contributed by atoms with Crippen molar-refractivity contribution in [1.29, 1.82) is 0 Å². The van der Waals surface area contributed by atoms with Crippen molar-refractivity contribution in [3.05, 3.63) is 53.9 Å². The van der Waals surface area contributed by atoms with Gasteiger partial charge in [0.25, 0.3) is 5.91 Å². The summed E-state index contributed by atoms with van der Waals surface area (Å²) in [5.74, 6) is 0.334. The minimum absolute atomic E-state index is 0.0284. The molecule has 1 aromatic carbocycles. The van der Waals surface area contributed by atoms with Crippen LogP contribution >= 0.6 is 0 Å². The summed E-state index contributed by atoms with van der Waals surface area (Å²) >= 11 is 0. The molecule has 0 radical (unpaired) electrons. The lowest BCUT2D eigenvalue weighted by molar-refractivity contribution is -0.130. The number of nitrogens with zero attached hydrogens (tertiary/aromatic N) is 4. The zero-order chi connectivity index (χ0) is 18.5. The molecule has 0 aliphatic carbocycles. The van der Waals surface area contributed by atoms with Crippen LogP contribution in [0.1, 0.15) is 35.9 Å². The van der Waals surface area contributed by atoms with Crippen molar-refractivity contribution in [2.45, 2.75) is 19.9 Å². The average molecular weight is 353 g/mol. The number of carbonyl (C=O) groups excluding carboxylic acids is 2. The van der Waals surface area contributed by atoms with E-state index in [0.29, 0.717) is 37.8 Å². The average Bonchev–Trinajstić information content (AvgIpc) is 2.68. The van der Waals surface area contributed by atoms with E-state index in [1.54, 1.807) is 29.0 Å². The first-order valence-corrected chi connectivity index (χ1v) is 8.74. The van der Waals surface area contributed by atoms with E-state index in [2.05, 4.69) is 15.3 Å². The zero-order valence-corrected chi connectivity index (χ0v) is 15.1. The molecule has 2 amide bonds. The van der Waals surface area contributed by atoms with Gasteiger partial charge in [-0.25, -0.2) is 9.97 Å². The summed E-state index contributed by atoms with van der Waals surface area (Å²) in [4.78, 5) is 36.2. The summed E-state index contributed by atoms with van der Waals surface area (Å²) in [5, 5.41) is 3.23. The number of hydrogen-bond acceptors (Lipinski definition) is 5. The molecule has 0 bridgehead atoms. The third-order valence-corrected chi connectivity index (χ3v) is 4.53. The molecule has 7 heteroatoms. The van der Waals surface area contributed by atoms with Gasteiger partial charge in [-0.15, -0.1) is 0 Å². The predicted molar refractivity (Wildman–Crippen MR) is 98.7 cm³/mol. The molecule has 1 atom stereocenters. The molecular weight excluding hydrogens is 330 g/mol. The number of anilines is 1. The molecule has 0 spiro atoms. The molecular formula is C19H23N5O2. The molecule has 1 aliphatic heterocycles. The van der Waals surface area contributed by atoms with Gasteiger partial charge in [-0.05, 0) is 18.6 Å². The van der Waals surface area contributed by atoms with Crippen molar-refractivity contribution in [3.63, 3.8) is 0 Å². The Hall–Kier alpha value is -2.96. The number of aromatic nitrogens is 2. The Morgan fingerprint density at radius 1 is 1.04 bits per heavy atom. The van der Waals surface area contributed by atoms with Gasteiger partial charge in [0.15, 0.2) is 0 Å². The van der Waals surface area contributed by atoms with Gasteiger partial charge in [0.05, 0.1) is 6.04 Å². The van der Waals surface area contributed by atoms with Crippen LogP contribution in [0, 0.1) is 0 Å². The van der Waals surface area contributed by atoms with Crippen LogP contribution in [0.2, 0.25) is 0 Å². The minimum Gasteiger partial charge on any atom is -0.348 e. The predicted octanol–water partition coefficient (Wildman–Crippen LogP) is 1.95. The second-order valence-electron chi connectivity index (χ2n) is 6.34. The highest BCUT2D eigenvalue weighted by Gasteiger charge is 2.24. The van der Waals surface area contributed by atoms with Crippen molar-refractivity contribution >= 4 is 17.8 Å². The van der Waals surface area contributed by atoms with E-state index in [0.717, 1.165) is 5.56 Å². The summed E-state index contributed by atoms with van der Waals surface area (Å²) in [6, 6.07) is 11.6. The number of hydrogen-bond donors (Lipinski definition) is 1. The summed E-state index contributed by atoms with van der Waals surface area (Å²) in [6.07, 6.45) is 1.59. The Labute approximate surface area is 153 Å². The van der Waals surface area contributed by atoms with E-state index < -0.39 is 0 Å². The van der Waals surface area contributed by atoms with E-state index in [9.17, 15) is 9.59 Å². The van der Waals surface area contributed by atoms with Crippen LogP contribution in [0.3, 0.4) is 0 Å². The fourth-order valence-electron chi connectivity index (χ4n) is 2.95. The molecule has 1 saturated heterocycles. The summed E-state index contributed by atoms with van der Waals surface area (Å²) in [7, 11) is 0. The van der Waals surface area contributed by atoms with E-state index >= 15 is 0 Å². The quantitative estimate of drug-likeness (QED) is 0.909. The van der Waals surface area contributed by atoms with Crippen molar-refractivity contribution < 1.29 is 9.59 Å². The van der Waals surface area contributed by atoms with E-state index in [1.165, 1.54) is 0 Å². The lowest BCUT2D eigenvalue weighted by atomic mass is 10.1. The molecule has 1 fully saturated rings. The smallest absolute Gasteiger partial charge is 0.272 e. The van der Waals surface area contributed by atoms with Gasteiger partial charge in [0.1, 0.15) is 5.69 Å². The summed E-state index contributed by atoms with van der Waals surface area (Å²) in [6.45, 7) is 5.73. The Bertz CT molecular complexity index is 773. The number of piperazine rings is 1. The first kappa shape index (κ1) is 17.8. The minimum atomic E-state index is -0.133. The van der Waals surface area contributed by atoms with Crippen LogP contribution < -0.4 is 5.32 Å². The molecule has 26 heavy (non-hydrogen) atoms. The van der Waals surface area contributed by atoms with Gasteiger partial charge < -0.3 is 15.1 Å². The Balaban J connectivity index is 1.65. The van der Waals surface area contributed by atoms with Gasteiger partial charge in [0, 0.05) is 39.3 Å². The van der Waals surface area contributed by atoms with E-state index in [1.807, 2.05) is 37.3 Å². The topological polar surface area (TPSA) is 78.4 Å². The molecule has 136 valence electrons. The van der Waals surface area contributed by atoms with Crippen LogP contribution in [0.4, 0.5) is 5.95 Å². The lowest BCUT2D eigenvalue weighted by Crippen LogP contribution is -2.50. The number of carbonyl (C=O) groups is 2. The molecule has 1 aliphatic rings. The molecule has 2 heterocycles. The normalized spacial score (nSPS) is 15.5. The van der Waals surface area contributed by atoms with Crippen molar-refractivity contribution in [1.82, 2.24) is 19.8 Å². The fourth-order valence-corrected chi connectivity index (χ4v) is 2.95. The molecule has 1 unspecified atom stereocenters. The maximum atomic E-state index is 12.7. The highest BCUT2D eigenvalue weighted by Crippen LogP contribution is 2.16. The Morgan fingerprint density at radius 2 is 1.69 bits per heavy atom. The second-order valence-corrected chi connectivity index (χ2v) is 6.34. The largest absolute Gasteiger partial charge is 0.348 e. The van der Waals surface area contributed by atoms with Crippen molar-refractivity contribution in [3.8, 4) is 0 Å². The molecule has 1 aromatic heterocycles. The molecule has 2 aromatic rings. The maximum absolute atomic E-state index is 12.7. The van der Waals surface area contributed by atoms with Crippen LogP contribution in [-0.4, -0.2) is 57.8 Å². The first-order chi connectivity index (χ1) is 12.5. The van der Waals surface area contributed by atoms with Crippen LogP contribution in [0.25, 0.3) is 0 Å². The number of rotatable bonds is 4. The molecule has 7 nitrogen and oxygen atoms in total. The first-order valence-electron chi connectivity index (χ1n) is 8.74. The number of benzene rings is 1. The van der Waals surface area contributed by atoms with Gasteiger partial charge in [-0.3, -0.25) is 9.59 Å². The third-order valence-electron chi connectivity index (χ3n) is 4.53. The van der Waals surface area contributed by atoms with E-state index in [-0.39, 0.29) is 17.9 Å². The maximum Gasteiger partial charge on any atom is 0.272 e. The molecule has 3 rings (SSSR count). The van der Waals surface area contributed by atoms with Crippen molar-refractivity contribution in [2.24, 2.45) is 0 Å². The third kappa shape index (κ3) is 4.17. The van der Waals surface area contributed by atoms with Gasteiger partial charge in [0.2, 0.25) is 11.9 Å². The SMILES string of the molecule is CC(=O)N1CCN(C(=O)c2ccnc(NC(C)c3ccccc3)n2)CC1. The summed E-state index contributed by atoms with van der Waals surface area (Å²) in [5.41, 5.74) is 1.48. The van der Waals surface area contributed by atoms with Crippen LogP contribution in [0.5, 0.6) is 0 Å². The van der Waals surface area contributed by atoms with E-state index in [4.69, 9.17) is 0 Å². The monoisotopic (exact) mass is 353 g/mol. The second kappa shape index (κ2) is 7.95. The number of amides is 2. The molecule has 0 saturated carbocycles. The van der Waals surface area contributed by atoms with Gasteiger partial charge in [-0.1, -0.05) is 30.3 Å². The van der Waals surface area contributed by atoms with Crippen molar-refractivity contribution in [2.75, 3.05) is 31.5 Å².